The SMILES string of the molecule is C=CCCCNCC(O)c1ccccc1. The molecule has 0 radical (unpaired) electrons. The van der Waals surface area contributed by atoms with Crippen LogP contribution in [0, 0.1) is 0 Å². The topological polar surface area (TPSA) is 32.3 Å². The molecule has 0 aromatic heterocycles. The average molecular weight is 205 g/mol. The van der Waals surface area contributed by atoms with Gasteiger partial charge in [-0.3, -0.25) is 0 Å². The highest BCUT2D eigenvalue weighted by molar-refractivity contribution is 5.17. The summed E-state index contributed by atoms with van der Waals surface area (Å²) >= 11 is 0. The zero-order valence-electron chi connectivity index (χ0n) is 9.02. The van der Waals surface area contributed by atoms with Crippen molar-refractivity contribution < 1.29 is 5.11 Å². The summed E-state index contributed by atoms with van der Waals surface area (Å²) in [5, 5.41) is 13.0. The minimum absolute atomic E-state index is 0.407. The first-order valence-corrected chi connectivity index (χ1v) is 5.39. The molecule has 0 spiro atoms. The fourth-order valence-electron chi connectivity index (χ4n) is 1.40. The van der Waals surface area contributed by atoms with Gasteiger partial charge in [0.15, 0.2) is 0 Å². The number of allylic oxidation sites excluding steroid dienone is 1. The van der Waals surface area contributed by atoms with E-state index in [1.54, 1.807) is 0 Å². The van der Waals surface area contributed by atoms with Gasteiger partial charge in [0.05, 0.1) is 6.10 Å². The molecule has 0 bridgehead atoms. The molecule has 0 fully saturated rings. The summed E-state index contributed by atoms with van der Waals surface area (Å²) in [5.41, 5.74) is 0.966. The second-order valence-electron chi connectivity index (χ2n) is 3.56. The van der Waals surface area contributed by atoms with Gasteiger partial charge in [-0.15, -0.1) is 6.58 Å². The lowest BCUT2D eigenvalue weighted by Crippen LogP contribution is -2.22. The molecule has 0 aliphatic heterocycles. The molecule has 0 heterocycles. The highest BCUT2D eigenvalue weighted by atomic mass is 16.3. The van der Waals surface area contributed by atoms with Crippen molar-refractivity contribution in [3.8, 4) is 0 Å². The van der Waals surface area contributed by atoms with Gasteiger partial charge in [-0.1, -0.05) is 36.4 Å². The van der Waals surface area contributed by atoms with E-state index < -0.39 is 6.10 Å². The van der Waals surface area contributed by atoms with Gasteiger partial charge in [-0.2, -0.15) is 0 Å². The Hall–Kier alpha value is -1.12. The number of benzene rings is 1. The highest BCUT2D eigenvalue weighted by Crippen LogP contribution is 2.10. The first-order chi connectivity index (χ1) is 7.34. The number of unbranched alkanes of at least 4 members (excludes halogenated alkanes) is 1. The maximum atomic E-state index is 9.79. The number of rotatable bonds is 7. The molecule has 2 heteroatoms. The summed E-state index contributed by atoms with van der Waals surface area (Å²) in [6.45, 7) is 5.20. The lowest BCUT2D eigenvalue weighted by molar-refractivity contribution is 0.175. The largest absolute Gasteiger partial charge is 0.387 e. The van der Waals surface area contributed by atoms with Crippen molar-refractivity contribution in [3.05, 3.63) is 48.6 Å². The highest BCUT2D eigenvalue weighted by Gasteiger charge is 2.04. The quantitative estimate of drug-likeness (QED) is 0.528. The number of nitrogens with one attached hydrogen (secondary N) is 1. The van der Waals surface area contributed by atoms with Gasteiger partial charge in [-0.05, 0) is 24.9 Å². The van der Waals surface area contributed by atoms with Crippen molar-refractivity contribution in [3.63, 3.8) is 0 Å². The van der Waals surface area contributed by atoms with Crippen LogP contribution in [0.2, 0.25) is 0 Å². The van der Waals surface area contributed by atoms with Gasteiger partial charge in [0.2, 0.25) is 0 Å². The fraction of sp³-hybridized carbons (Fsp3) is 0.385. The van der Waals surface area contributed by atoms with Crippen LogP contribution < -0.4 is 5.32 Å². The molecule has 0 saturated carbocycles. The zero-order valence-corrected chi connectivity index (χ0v) is 9.02. The van der Waals surface area contributed by atoms with Gasteiger partial charge < -0.3 is 10.4 Å². The molecular weight excluding hydrogens is 186 g/mol. The molecule has 0 amide bonds. The minimum atomic E-state index is -0.407. The molecule has 1 rings (SSSR count). The molecule has 1 atom stereocenters. The summed E-state index contributed by atoms with van der Waals surface area (Å²) in [4.78, 5) is 0. The third-order valence-electron chi connectivity index (χ3n) is 2.28. The summed E-state index contributed by atoms with van der Waals surface area (Å²) in [5.74, 6) is 0. The van der Waals surface area contributed by atoms with E-state index in [4.69, 9.17) is 0 Å². The van der Waals surface area contributed by atoms with E-state index in [2.05, 4.69) is 11.9 Å². The predicted molar refractivity (Wildman–Crippen MR) is 63.7 cm³/mol. The first kappa shape index (κ1) is 12.0. The molecule has 2 nitrogen and oxygen atoms in total. The van der Waals surface area contributed by atoms with Crippen molar-refractivity contribution in [1.82, 2.24) is 5.32 Å². The first-order valence-electron chi connectivity index (χ1n) is 5.39. The molecule has 1 unspecified atom stereocenters. The van der Waals surface area contributed by atoms with Crippen molar-refractivity contribution in [1.29, 1.82) is 0 Å². The molecule has 2 N–H and O–H groups in total. The summed E-state index contributed by atoms with van der Waals surface area (Å²) in [6, 6.07) is 9.71. The van der Waals surface area contributed by atoms with E-state index in [1.807, 2.05) is 36.4 Å². The molecule has 0 saturated heterocycles. The van der Waals surface area contributed by atoms with Gasteiger partial charge in [0.25, 0.3) is 0 Å². The monoisotopic (exact) mass is 205 g/mol. The van der Waals surface area contributed by atoms with Crippen LogP contribution in [0.5, 0.6) is 0 Å². The normalized spacial score (nSPS) is 12.3. The van der Waals surface area contributed by atoms with E-state index in [0.29, 0.717) is 6.54 Å². The Labute approximate surface area is 91.6 Å². The molecule has 15 heavy (non-hydrogen) atoms. The van der Waals surface area contributed by atoms with Gasteiger partial charge in [0, 0.05) is 6.54 Å². The Balaban J connectivity index is 2.19. The van der Waals surface area contributed by atoms with Gasteiger partial charge >= 0.3 is 0 Å². The van der Waals surface area contributed by atoms with Crippen LogP contribution in [0.3, 0.4) is 0 Å². The predicted octanol–water partition coefficient (Wildman–Crippen LogP) is 2.28. The Morgan fingerprint density at radius 3 is 2.73 bits per heavy atom. The van der Waals surface area contributed by atoms with Crippen LogP contribution in [-0.4, -0.2) is 18.2 Å². The van der Waals surface area contributed by atoms with Crippen LogP contribution >= 0.6 is 0 Å². The molecule has 1 aromatic carbocycles. The Morgan fingerprint density at radius 1 is 1.33 bits per heavy atom. The smallest absolute Gasteiger partial charge is 0.0914 e. The summed E-state index contributed by atoms with van der Waals surface area (Å²) in [7, 11) is 0. The van der Waals surface area contributed by atoms with Crippen molar-refractivity contribution in [2.75, 3.05) is 13.1 Å². The summed E-state index contributed by atoms with van der Waals surface area (Å²) in [6.07, 6.45) is 3.60. The lowest BCUT2D eigenvalue weighted by Gasteiger charge is -2.11. The maximum absolute atomic E-state index is 9.79. The van der Waals surface area contributed by atoms with Crippen LogP contribution in [0.1, 0.15) is 24.5 Å². The summed E-state index contributed by atoms with van der Waals surface area (Å²) < 4.78 is 0. The maximum Gasteiger partial charge on any atom is 0.0914 e. The Kier molecular flexibility index (Phi) is 5.74. The lowest BCUT2D eigenvalue weighted by atomic mass is 10.1. The third-order valence-corrected chi connectivity index (χ3v) is 2.28. The second-order valence-corrected chi connectivity index (χ2v) is 3.56. The van der Waals surface area contributed by atoms with Crippen LogP contribution in [0.15, 0.2) is 43.0 Å². The third kappa shape index (κ3) is 4.77. The molecule has 0 aliphatic rings. The average Bonchev–Trinajstić information content (AvgIpc) is 2.30. The van der Waals surface area contributed by atoms with E-state index in [1.165, 1.54) is 0 Å². The van der Waals surface area contributed by atoms with Gasteiger partial charge in [-0.25, -0.2) is 0 Å². The van der Waals surface area contributed by atoms with Gasteiger partial charge in [0.1, 0.15) is 0 Å². The number of aliphatic hydroxyl groups is 1. The fourth-order valence-corrected chi connectivity index (χ4v) is 1.40. The van der Waals surface area contributed by atoms with Crippen LogP contribution in [-0.2, 0) is 0 Å². The zero-order chi connectivity index (χ0) is 10.9. The number of hydrogen-bond donors (Lipinski definition) is 2. The van der Waals surface area contributed by atoms with Crippen molar-refractivity contribution in [2.45, 2.75) is 18.9 Å². The molecule has 0 aliphatic carbocycles. The van der Waals surface area contributed by atoms with E-state index in [9.17, 15) is 5.11 Å². The van der Waals surface area contributed by atoms with E-state index in [0.717, 1.165) is 24.9 Å². The van der Waals surface area contributed by atoms with Crippen LogP contribution in [0.25, 0.3) is 0 Å². The Bertz CT molecular complexity index is 271. The number of hydrogen-bond acceptors (Lipinski definition) is 2. The standard InChI is InChI=1S/C13H19NO/c1-2-3-7-10-14-11-13(15)12-8-5-4-6-9-12/h2,4-6,8-9,13-15H,1,3,7,10-11H2. The number of aliphatic hydroxyl groups excluding tert-OH is 1. The molecule has 82 valence electrons. The van der Waals surface area contributed by atoms with E-state index >= 15 is 0 Å². The van der Waals surface area contributed by atoms with E-state index in [-0.39, 0.29) is 0 Å². The molecular formula is C13H19NO. The minimum Gasteiger partial charge on any atom is -0.387 e. The Morgan fingerprint density at radius 2 is 2.07 bits per heavy atom. The van der Waals surface area contributed by atoms with Crippen molar-refractivity contribution >= 4 is 0 Å². The van der Waals surface area contributed by atoms with Crippen molar-refractivity contribution in [2.24, 2.45) is 0 Å². The van der Waals surface area contributed by atoms with Crippen LogP contribution in [0.4, 0.5) is 0 Å². The molecule has 1 aromatic rings. The second kappa shape index (κ2) is 7.21.